The van der Waals surface area contributed by atoms with Crippen LogP contribution in [0.5, 0.6) is 11.5 Å². The van der Waals surface area contributed by atoms with Gasteiger partial charge >= 0.3 is 5.97 Å². The molecule has 1 aliphatic carbocycles. The highest BCUT2D eigenvalue weighted by Gasteiger charge is 2.28. The van der Waals surface area contributed by atoms with E-state index >= 15 is 0 Å². The summed E-state index contributed by atoms with van der Waals surface area (Å²) >= 11 is 0. The molecule has 1 saturated heterocycles. The van der Waals surface area contributed by atoms with Crippen LogP contribution in [0, 0.1) is 11.7 Å². The van der Waals surface area contributed by atoms with Crippen LogP contribution in [0.25, 0.3) is 11.1 Å². The maximum absolute atomic E-state index is 14.9. The molecular weight excluding hydrogens is 481 g/mol. The number of ether oxygens (including phenoxy) is 2. The Morgan fingerprint density at radius 1 is 1.00 bits per heavy atom. The summed E-state index contributed by atoms with van der Waals surface area (Å²) in [4.78, 5) is 13.8. The van der Waals surface area contributed by atoms with Gasteiger partial charge in [-0.15, -0.1) is 0 Å². The van der Waals surface area contributed by atoms with Crippen molar-refractivity contribution in [1.29, 1.82) is 0 Å². The van der Waals surface area contributed by atoms with Crippen molar-refractivity contribution in [2.24, 2.45) is 5.92 Å². The number of nitrogens with zero attached hydrogens (tertiary/aromatic N) is 1. The second-order valence-electron chi connectivity index (χ2n) is 10.6. The average molecular weight is 518 g/mol. The van der Waals surface area contributed by atoms with E-state index in [1.54, 1.807) is 19.2 Å². The van der Waals surface area contributed by atoms with Gasteiger partial charge in [0.25, 0.3) is 0 Å². The number of hydrogen-bond donors (Lipinski definition) is 1. The number of piperidine rings is 1. The molecule has 3 aromatic rings. The molecule has 6 heteroatoms. The van der Waals surface area contributed by atoms with E-state index in [0.29, 0.717) is 23.8 Å². The number of anilines is 1. The van der Waals surface area contributed by atoms with Gasteiger partial charge in [-0.1, -0.05) is 37.1 Å². The third kappa shape index (κ3) is 6.47. The van der Waals surface area contributed by atoms with E-state index < -0.39 is 5.97 Å². The highest BCUT2D eigenvalue weighted by atomic mass is 19.1. The van der Waals surface area contributed by atoms with Crippen molar-refractivity contribution in [2.75, 3.05) is 25.1 Å². The smallest absolute Gasteiger partial charge is 0.303 e. The molecule has 0 unspecified atom stereocenters. The Bertz CT molecular complexity index is 1270. The first-order valence-corrected chi connectivity index (χ1v) is 13.7. The fourth-order valence-electron chi connectivity index (χ4n) is 5.46. The van der Waals surface area contributed by atoms with Crippen molar-refractivity contribution in [1.82, 2.24) is 0 Å². The monoisotopic (exact) mass is 517 g/mol. The summed E-state index contributed by atoms with van der Waals surface area (Å²) in [5, 5.41) is 9.42. The molecule has 3 aromatic carbocycles. The summed E-state index contributed by atoms with van der Waals surface area (Å²) in [6.07, 6.45) is 6.89. The maximum Gasteiger partial charge on any atom is 0.303 e. The molecule has 1 saturated carbocycles. The first-order chi connectivity index (χ1) is 18.5. The molecule has 0 amide bonds. The predicted octanol–water partition coefficient (Wildman–Crippen LogP) is 7.43. The van der Waals surface area contributed by atoms with Crippen molar-refractivity contribution in [3.05, 3.63) is 77.6 Å². The van der Waals surface area contributed by atoms with Crippen molar-refractivity contribution >= 4 is 11.7 Å². The summed E-state index contributed by atoms with van der Waals surface area (Å²) in [6.45, 7) is 2.26. The van der Waals surface area contributed by atoms with Gasteiger partial charge in [-0.2, -0.15) is 0 Å². The van der Waals surface area contributed by atoms with E-state index in [4.69, 9.17) is 9.47 Å². The van der Waals surface area contributed by atoms with Crippen molar-refractivity contribution in [3.8, 4) is 22.6 Å². The Balaban J connectivity index is 1.38. The summed E-state index contributed by atoms with van der Waals surface area (Å²) in [5.41, 5.74) is 4.42. The number of halogens is 1. The number of methoxy groups -OCH3 is 1. The Labute approximate surface area is 224 Å². The number of carboxylic acids is 1. The number of benzene rings is 3. The zero-order chi connectivity index (χ0) is 26.5. The van der Waals surface area contributed by atoms with Gasteiger partial charge in [0.2, 0.25) is 0 Å². The SMILES string of the molecule is COc1ccc(F)c(-c2ccc(COc3cccc([C@@H](CC(=O)O)CC4CC4)c3)cc2N2CCCCC2)c1. The van der Waals surface area contributed by atoms with Crippen LogP contribution in [0.1, 0.15) is 62.0 Å². The highest BCUT2D eigenvalue weighted by Crippen LogP contribution is 2.41. The molecule has 0 radical (unpaired) electrons. The van der Waals surface area contributed by atoms with Crippen LogP contribution in [0.15, 0.2) is 60.7 Å². The predicted molar refractivity (Wildman–Crippen MR) is 148 cm³/mol. The second kappa shape index (κ2) is 11.9. The van der Waals surface area contributed by atoms with Gasteiger partial charge in [-0.25, -0.2) is 4.39 Å². The minimum absolute atomic E-state index is 0.00583. The Morgan fingerprint density at radius 2 is 1.82 bits per heavy atom. The van der Waals surface area contributed by atoms with E-state index in [0.717, 1.165) is 60.5 Å². The van der Waals surface area contributed by atoms with E-state index in [2.05, 4.69) is 11.0 Å². The molecular formula is C32H36FNO4. The summed E-state index contributed by atoms with van der Waals surface area (Å²) in [7, 11) is 1.59. The molecule has 1 atom stereocenters. The lowest BCUT2D eigenvalue weighted by Gasteiger charge is -2.31. The van der Waals surface area contributed by atoms with Crippen LogP contribution >= 0.6 is 0 Å². The van der Waals surface area contributed by atoms with Gasteiger partial charge in [0.1, 0.15) is 23.9 Å². The van der Waals surface area contributed by atoms with Gasteiger partial charge in [-0.05, 0) is 85.0 Å². The molecule has 0 spiro atoms. The van der Waals surface area contributed by atoms with Crippen molar-refractivity contribution in [2.45, 2.75) is 57.5 Å². The van der Waals surface area contributed by atoms with Gasteiger partial charge < -0.3 is 19.5 Å². The lowest BCUT2D eigenvalue weighted by molar-refractivity contribution is -0.137. The third-order valence-electron chi connectivity index (χ3n) is 7.69. The van der Waals surface area contributed by atoms with Gasteiger partial charge in [0.15, 0.2) is 0 Å². The minimum Gasteiger partial charge on any atom is -0.497 e. The maximum atomic E-state index is 14.9. The standard InChI is InChI=1S/C32H36FNO4/c1-37-26-11-13-30(33)29(20-26)28-12-10-23(17-31(28)34-14-3-2-4-15-34)21-38-27-7-5-6-24(18-27)25(19-32(35)36)16-22-8-9-22/h5-7,10-13,17-18,20,22,25H,2-4,8-9,14-16,19,21H2,1H3,(H,35,36)/t25-/m1/s1. The van der Waals surface area contributed by atoms with Crippen LogP contribution in [0.3, 0.4) is 0 Å². The van der Waals surface area contributed by atoms with Crippen LogP contribution in [0.2, 0.25) is 0 Å². The molecule has 1 aliphatic heterocycles. The zero-order valence-corrected chi connectivity index (χ0v) is 22.0. The Kier molecular flexibility index (Phi) is 8.16. The quantitative estimate of drug-likeness (QED) is 0.287. The number of hydrogen-bond acceptors (Lipinski definition) is 4. The molecule has 0 bridgehead atoms. The van der Waals surface area contributed by atoms with Crippen LogP contribution < -0.4 is 14.4 Å². The van der Waals surface area contributed by atoms with E-state index in [9.17, 15) is 14.3 Å². The Morgan fingerprint density at radius 3 is 2.55 bits per heavy atom. The molecule has 0 aromatic heterocycles. The number of rotatable bonds is 11. The molecule has 1 N–H and O–H groups in total. The fraction of sp³-hybridized carbons (Fsp3) is 0.406. The number of aliphatic carboxylic acids is 1. The topological polar surface area (TPSA) is 59.0 Å². The first kappa shape index (κ1) is 26.1. The van der Waals surface area contributed by atoms with Gasteiger partial charge in [-0.3, -0.25) is 4.79 Å². The average Bonchev–Trinajstić information content (AvgIpc) is 3.76. The minimum atomic E-state index is -0.764. The molecule has 2 fully saturated rings. The first-order valence-electron chi connectivity index (χ1n) is 13.7. The van der Waals surface area contributed by atoms with E-state index in [1.165, 1.54) is 25.3 Å². The van der Waals surface area contributed by atoms with Crippen LogP contribution in [0.4, 0.5) is 10.1 Å². The van der Waals surface area contributed by atoms with Crippen LogP contribution in [-0.4, -0.2) is 31.3 Å². The van der Waals surface area contributed by atoms with Crippen molar-refractivity contribution in [3.63, 3.8) is 0 Å². The summed E-state index contributed by atoms with van der Waals surface area (Å²) < 4.78 is 26.5. The third-order valence-corrected chi connectivity index (χ3v) is 7.69. The molecule has 2 aliphatic rings. The summed E-state index contributed by atoms with van der Waals surface area (Å²) in [6, 6.07) is 18.8. The van der Waals surface area contributed by atoms with E-state index in [-0.39, 0.29) is 18.2 Å². The normalized spacial score (nSPS) is 16.2. The van der Waals surface area contributed by atoms with Crippen molar-refractivity contribution < 1.29 is 23.8 Å². The molecule has 5 rings (SSSR count). The summed E-state index contributed by atoms with van der Waals surface area (Å²) in [5.74, 6) is 0.973. The molecule has 1 heterocycles. The molecule has 38 heavy (non-hydrogen) atoms. The largest absolute Gasteiger partial charge is 0.497 e. The van der Waals surface area contributed by atoms with Gasteiger partial charge in [0.05, 0.1) is 13.5 Å². The number of carboxylic acid groups (broad SMARTS) is 1. The van der Waals surface area contributed by atoms with E-state index in [1.807, 2.05) is 36.4 Å². The van der Waals surface area contributed by atoms with Crippen LogP contribution in [-0.2, 0) is 11.4 Å². The highest BCUT2D eigenvalue weighted by molar-refractivity contribution is 5.80. The lowest BCUT2D eigenvalue weighted by atomic mass is 9.90. The zero-order valence-electron chi connectivity index (χ0n) is 22.0. The molecule has 5 nitrogen and oxygen atoms in total. The Hall–Kier alpha value is -3.54. The second-order valence-corrected chi connectivity index (χ2v) is 10.6. The molecule has 200 valence electrons. The fourth-order valence-corrected chi connectivity index (χ4v) is 5.46. The van der Waals surface area contributed by atoms with Gasteiger partial charge in [0, 0.05) is 29.9 Å². The number of carbonyl (C=O) groups is 1. The lowest BCUT2D eigenvalue weighted by Crippen LogP contribution is -2.30.